The average molecular weight is 278 g/mol. The molecule has 5 nitrogen and oxygen atoms in total. The molecule has 0 fully saturated rings. The van der Waals surface area contributed by atoms with Crippen molar-refractivity contribution in [1.82, 2.24) is 9.96 Å². The lowest BCUT2D eigenvalue weighted by atomic mass is 10.0. The molecule has 0 bridgehead atoms. The number of para-hydroxylation sites is 1. The maximum absolute atomic E-state index is 11.9. The first-order chi connectivity index (χ1) is 9.63. The van der Waals surface area contributed by atoms with Crippen LogP contribution in [-0.2, 0) is 9.63 Å². The zero-order chi connectivity index (χ0) is 14.5. The maximum Gasteiger partial charge on any atom is 0.238 e. The van der Waals surface area contributed by atoms with Gasteiger partial charge in [0.2, 0.25) is 5.91 Å². The van der Waals surface area contributed by atoms with Crippen molar-refractivity contribution in [3.8, 4) is 5.75 Å². The van der Waals surface area contributed by atoms with E-state index in [2.05, 4.69) is 0 Å². The second kappa shape index (κ2) is 6.72. The van der Waals surface area contributed by atoms with E-state index in [0.717, 1.165) is 24.2 Å². The molecular weight excluding hydrogens is 256 g/mol. The van der Waals surface area contributed by atoms with Gasteiger partial charge in [0, 0.05) is 19.7 Å². The van der Waals surface area contributed by atoms with E-state index in [-0.39, 0.29) is 18.5 Å². The van der Waals surface area contributed by atoms with E-state index in [1.54, 1.807) is 31.2 Å². The van der Waals surface area contributed by atoms with E-state index in [4.69, 9.17) is 9.57 Å². The highest BCUT2D eigenvalue weighted by Crippen LogP contribution is 2.35. The average Bonchev–Trinajstić information content (AvgIpc) is 2.66. The first kappa shape index (κ1) is 14.8. The highest BCUT2D eigenvalue weighted by atomic mass is 16.7. The van der Waals surface area contributed by atoms with Crippen LogP contribution in [0.5, 0.6) is 5.75 Å². The van der Waals surface area contributed by atoms with Gasteiger partial charge in [-0.1, -0.05) is 18.2 Å². The Labute approximate surface area is 120 Å². The molecule has 2 rings (SSSR count). The van der Waals surface area contributed by atoms with Crippen LogP contribution in [-0.4, -0.2) is 50.2 Å². The van der Waals surface area contributed by atoms with E-state index >= 15 is 0 Å². The minimum atomic E-state index is 0.0227. The zero-order valence-corrected chi connectivity index (χ0v) is 12.3. The summed E-state index contributed by atoms with van der Waals surface area (Å²) in [5, 5.41) is 1.75. The van der Waals surface area contributed by atoms with E-state index in [0.29, 0.717) is 6.61 Å². The third kappa shape index (κ3) is 3.29. The molecule has 0 aliphatic carbocycles. The van der Waals surface area contributed by atoms with Crippen molar-refractivity contribution in [2.45, 2.75) is 18.9 Å². The van der Waals surface area contributed by atoms with Gasteiger partial charge >= 0.3 is 0 Å². The van der Waals surface area contributed by atoms with E-state index in [1.165, 1.54) is 0 Å². The SMILES string of the molecule is CON(CC(=O)N(C)C)[C@@H]1CCCOc2ccccc21. The molecule has 0 saturated carbocycles. The minimum Gasteiger partial charge on any atom is -0.493 e. The Morgan fingerprint density at radius 1 is 1.40 bits per heavy atom. The number of amides is 1. The molecule has 0 unspecified atom stereocenters. The van der Waals surface area contributed by atoms with Crippen molar-refractivity contribution in [3.63, 3.8) is 0 Å². The molecule has 1 atom stereocenters. The Hall–Kier alpha value is -1.59. The first-order valence-electron chi connectivity index (χ1n) is 6.86. The lowest BCUT2D eigenvalue weighted by Gasteiger charge is -2.29. The monoisotopic (exact) mass is 278 g/mol. The van der Waals surface area contributed by atoms with Crippen LogP contribution >= 0.6 is 0 Å². The number of carbonyl (C=O) groups excluding carboxylic acids is 1. The van der Waals surface area contributed by atoms with Crippen LogP contribution < -0.4 is 4.74 Å². The summed E-state index contributed by atoms with van der Waals surface area (Å²) in [5.74, 6) is 0.906. The van der Waals surface area contributed by atoms with Crippen LogP contribution in [0.3, 0.4) is 0 Å². The van der Waals surface area contributed by atoms with E-state index in [9.17, 15) is 4.79 Å². The number of nitrogens with zero attached hydrogens (tertiary/aromatic N) is 2. The fourth-order valence-electron chi connectivity index (χ4n) is 2.38. The zero-order valence-electron chi connectivity index (χ0n) is 12.3. The second-order valence-corrected chi connectivity index (χ2v) is 5.09. The van der Waals surface area contributed by atoms with Gasteiger partial charge in [0.1, 0.15) is 12.3 Å². The highest BCUT2D eigenvalue weighted by molar-refractivity contribution is 5.77. The number of hydrogen-bond acceptors (Lipinski definition) is 4. The third-order valence-electron chi connectivity index (χ3n) is 3.53. The summed E-state index contributed by atoms with van der Waals surface area (Å²) in [6.07, 6.45) is 1.85. The number of likely N-dealkylation sites (N-methyl/N-ethyl adjacent to an activating group) is 1. The van der Waals surface area contributed by atoms with Crippen molar-refractivity contribution >= 4 is 5.91 Å². The van der Waals surface area contributed by atoms with Gasteiger partial charge in [0.15, 0.2) is 0 Å². The lowest BCUT2D eigenvalue weighted by Crippen LogP contribution is -2.38. The summed E-state index contributed by atoms with van der Waals surface area (Å²) >= 11 is 0. The molecule has 110 valence electrons. The van der Waals surface area contributed by atoms with Gasteiger partial charge in [0.05, 0.1) is 19.8 Å². The van der Waals surface area contributed by atoms with Crippen LogP contribution in [0, 0.1) is 0 Å². The number of carbonyl (C=O) groups is 1. The summed E-state index contributed by atoms with van der Waals surface area (Å²) in [7, 11) is 5.11. The van der Waals surface area contributed by atoms with Gasteiger partial charge in [-0.2, -0.15) is 5.06 Å². The van der Waals surface area contributed by atoms with Crippen LogP contribution in [0.15, 0.2) is 24.3 Å². The van der Waals surface area contributed by atoms with Crippen LogP contribution in [0.25, 0.3) is 0 Å². The Bertz CT molecular complexity index is 462. The Morgan fingerprint density at radius 3 is 2.85 bits per heavy atom. The number of benzene rings is 1. The van der Waals surface area contributed by atoms with Gasteiger partial charge in [0.25, 0.3) is 0 Å². The van der Waals surface area contributed by atoms with Crippen molar-refractivity contribution < 1.29 is 14.4 Å². The molecule has 1 aromatic rings. The Balaban J connectivity index is 2.22. The highest BCUT2D eigenvalue weighted by Gasteiger charge is 2.27. The summed E-state index contributed by atoms with van der Waals surface area (Å²) in [6.45, 7) is 0.940. The first-order valence-corrected chi connectivity index (χ1v) is 6.86. The maximum atomic E-state index is 11.9. The largest absolute Gasteiger partial charge is 0.493 e. The number of rotatable bonds is 4. The smallest absolute Gasteiger partial charge is 0.238 e. The normalized spacial score (nSPS) is 18.1. The standard InChI is InChI=1S/C15H22N2O3/c1-16(2)15(18)11-17(19-3)13-8-6-10-20-14-9-5-4-7-12(13)14/h4-5,7,9,13H,6,8,10-11H2,1-3H3/t13-/m1/s1. The fourth-order valence-corrected chi connectivity index (χ4v) is 2.38. The van der Waals surface area contributed by atoms with Gasteiger partial charge in [-0.05, 0) is 18.9 Å². The summed E-state index contributed by atoms with van der Waals surface area (Å²) < 4.78 is 5.75. The van der Waals surface area contributed by atoms with Crippen molar-refractivity contribution in [2.24, 2.45) is 0 Å². The van der Waals surface area contributed by atoms with Gasteiger partial charge in [-0.3, -0.25) is 4.79 Å². The Kier molecular flexibility index (Phi) is 4.98. The summed E-state index contributed by atoms with van der Waals surface area (Å²) in [4.78, 5) is 19.0. The molecule has 0 radical (unpaired) electrons. The third-order valence-corrected chi connectivity index (χ3v) is 3.53. The molecule has 0 saturated heterocycles. The van der Waals surface area contributed by atoms with Gasteiger partial charge in [-0.15, -0.1) is 0 Å². The van der Waals surface area contributed by atoms with Crippen LogP contribution in [0.4, 0.5) is 0 Å². The van der Waals surface area contributed by atoms with Gasteiger partial charge in [-0.25, -0.2) is 0 Å². The summed E-state index contributed by atoms with van der Waals surface area (Å²) in [5.41, 5.74) is 1.08. The van der Waals surface area contributed by atoms with Gasteiger partial charge < -0.3 is 14.5 Å². The van der Waals surface area contributed by atoms with E-state index in [1.807, 2.05) is 24.3 Å². The molecule has 1 amide bonds. The molecule has 20 heavy (non-hydrogen) atoms. The second-order valence-electron chi connectivity index (χ2n) is 5.09. The lowest BCUT2D eigenvalue weighted by molar-refractivity contribution is -0.176. The fraction of sp³-hybridized carbons (Fsp3) is 0.533. The number of hydroxylamine groups is 2. The molecule has 1 aliphatic rings. The molecule has 1 aliphatic heterocycles. The summed E-state index contributed by atoms with van der Waals surface area (Å²) in [6, 6.07) is 8.00. The predicted octanol–water partition coefficient (Wildman–Crippen LogP) is 1.85. The quantitative estimate of drug-likeness (QED) is 0.788. The van der Waals surface area contributed by atoms with E-state index < -0.39 is 0 Å². The number of ether oxygens (including phenoxy) is 1. The predicted molar refractivity (Wildman–Crippen MR) is 76.3 cm³/mol. The van der Waals surface area contributed by atoms with Crippen LogP contribution in [0.1, 0.15) is 24.4 Å². The van der Waals surface area contributed by atoms with Crippen LogP contribution in [0.2, 0.25) is 0 Å². The Morgan fingerprint density at radius 2 is 2.15 bits per heavy atom. The molecular formula is C15H22N2O3. The minimum absolute atomic E-state index is 0.0227. The molecule has 0 N–H and O–H groups in total. The molecule has 0 aromatic heterocycles. The molecule has 1 aromatic carbocycles. The number of hydrogen-bond donors (Lipinski definition) is 0. The molecule has 0 spiro atoms. The topological polar surface area (TPSA) is 42.0 Å². The van der Waals surface area contributed by atoms with Crippen molar-refractivity contribution in [3.05, 3.63) is 29.8 Å². The number of fused-ring (bicyclic) bond motifs is 1. The van der Waals surface area contributed by atoms with Crippen molar-refractivity contribution in [2.75, 3.05) is 34.4 Å². The van der Waals surface area contributed by atoms with Crippen molar-refractivity contribution in [1.29, 1.82) is 0 Å². The molecule has 5 heteroatoms. The molecule has 1 heterocycles.